The molecule has 8 heteroatoms. The quantitative estimate of drug-likeness (QED) is 0.242. The first-order valence-electron chi connectivity index (χ1n) is 10.6. The molecule has 4 aromatic rings. The first-order chi connectivity index (χ1) is 16.4. The summed E-state index contributed by atoms with van der Waals surface area (Å²) < 4.78 is 11.1. The zero-order valence-electron chi connectivity index (χ0n) is 18.5. The molecule has 0 bridgehead atoms. The third kappa shape index (κ3) is 6.35. The van der Waals surface area contributed by atoms with Crippen LogP contribution in [0, 0.1) is 0 Å². The maximum Gasteiger partial charge on any atom is 0.277 e. The van der Waals surface area contributed by atoms with E-state index < -0.39 is 0 Å². The molecule has 0 aliphatic rings. The lowest BCUT2D eigenvalue weighted by Crippen LogP contribution is -2.12. The summed E-state index contributed by atoms with van der Waals surface area (Å²) in [6, 6.07) is 22.1. The molecule has 0 fully saturated rings. The molecule has 174 valence electrons. The number of nitrogens with zero attached hydrogens (tertiary/aromatic N) is 1. The highest BCUT2D eigenvalue weighted by Gasteiger charge is 2.16. The van der Waals surface area contributed by atoms with Crippen LogP contribution in [0.15, 0.2) is 82.2 Å². The van der Waals surface area contributed by atoms with Crippen molar-refractivity contribution in [2.24, 2.45) is 0 Å². The number of benzene rings is 3. The summed E-state index contributed by atoms with van der Waals surface area (Å²) in [7, 11) is 0. The minimum Gasteiger partial charge on any atom is -0.491 e. The van der Waals surface area contributed by atoms with Crippen LogP contribution >= 0.6 is 35.0 Å². The molecule has 4 rings (SSSR count). The van der Waals surface area contributed by atoms with E-state index >= 15 is 0 Å². The SMILES string of the molecule is CC(C)Oc1ccc(-c2cc(C(=O)Nc3ccccc3SCc3cc(Cl)cc(Cl)c3)no2)cc1. The van der Waals surface area contributed by atoms with Gasteiger partial charge in [0.2, 0.25) is 0 Å². The number of ether oxygens (including phenoxy) is 1. The smallest absolute Gasteiger partial charge is 0.277 e. The summed E-state index contributed by atoms with van der Waals surface area (Å²) in [6.45, 7) is 3.94. The summed E-state index contributed by atoms with van der Waals surface area (Å²) >= 11 is 13.8. The Hall–Kier alpha value is -2.93. The molecule has 5 nitrogen and oxygen atoms in total. The third-order valence-electron chi connectivity index (χ3n) is 4.71. The van der Waals surface area contributed by atoms with Gasteiger partial charge in [-0.05, 0) is 74.0 Å². The number of carbonyl (C=O) groups excluding carboxylic acids is 1. The van der Waals surface area contributed by atoms with E-state index in [-0.39, 0.29) is 17.7 Å². The molecule has 0 saturated heterocycles. The van der Waals surface area contributed by atoms with Crippen LogP contribution in [0.1, 0.15) is 29.9 Å². The number of rotatable bonds is 8. The Morgan fingerprint density at radius 3 is 2.44 bits per heavy atom. The predicted octanol–water partition coefficient (Wildman–Crippen LogP) is 7.98. The number of carbonyl (C=O) groups is 1. The summed E-state index contributed by atoms with van der Waals surface area (Å²) in [6.07, 6.45) is 0.0933. The van der Waals surface area contributed by atoms with Crippen molar-refractivity contribution in [3.63, 3.8) is 0 Å². The maximum absolute atomic E-state index is 12.9. The van der Waals surface area contributed by atoms with Crippen molar-refractivity contribution in [2.45, 2.75) is 30.6 Å². The summed E-state index contributed by atoms with van der Waals surface area (Å²) in [5, 5.41) is 8.06. The topological polar surface area (TPSA) is 64.4 Å². The lowest BCUT2D eigenvalue weighted by molar-refractivity contribution is 0.101. The number of anilines is 1. The van der Waals surface area contributed by atoms with Crippen molar-refractivity contribution in [2.75, 3.05) is 5.32 Å². The van der Waals surface area contributed by atoms with Gasteiger partial charge in [0.25, 0.3) is 5.91 Å². The van der Waals surface area contributed by atoms with Gasteiger partial charge in [-0.25, -0.2) is 0 Å². The standard InChI is InChI=1S/C26H22Cl2N2O3S/c1-16(2)32-21-9-7-18(8-10-21)24-14-23(30-33-24)26(31)29-22-5-3-4-6-25(22)34-15-17-11-19(27)13-20(28)12-17/h3-14,16H,15H2,1-2H3,(H,29,31). The van der Waals surface area contributed by atoms with Crippen molar-refractivity contribution < 1.29 is 14.1 Å². The highest BCUT2D eigenvalue weighted by Crippen LogP contribution is 2.32. The van der Waals surface area contributed by atoms with Crippen LogP contribution in [0.5, 0.6) is 5.75 Å². The van der Waals surface area contributed by atoms with Gasteiger partial charge < -0.3 is 14.6 Å². The Bertz CT molecular complexity index is 1270. The average Bonchev–Trinajstić information content (AvgIpc) is 3.28. The van der Waals surface area contributed by atoms with Crippen LogP contribution in [0.3, 0.4) is 0 Å². The van der Waals surface area contributed by atoms with Gasteiger partial charge in [-0.3, -0.25) is 4.79 Å². The van der Waals surface area contributed by atoms with Crippen LogP contribution in [-0.4, -0.2) is 17.2 Å². The second kappa shape index (κ2) is 11.0. The number of nitrogens with one attached hydrogen (secondary N) is 1. The zero-order valence-corrected chi connectivity index (χ0v) is 20.9. The predicted molar refractivity (Wildman–Crippen MR) is 138 cm³/mol. The number of thioether (sulfide) groups is 1. The van der Waals surface area contributed by atoms with Crippen LogP contribution in [0.4, 0.5) is 5.69 Å². The Kier molecular flexibility index (Phi) is 7.83. The third-order valence-corrected chi connectivity index (χ3v) is 6.29. The monoisotopic (exact) mass is 512 g/mol. The maximum atomic E-state index is 12.9. The summed E-state index contributed by atoms with van der Waals surface area (Å²) in [5.74, 6) is 1.57. The Morgan fingerprint density at radius 1 is 1.03 bits per heavy atom. The molecule has 0 aliphatic carbocycles. The zero-order chi connectivity index (χ0) is 24.1. The lowest BCUT2D eigenvalue weighted by atomic mass is 10.1. The van der Waals surface area contributed by atoms with Gasteiger partial charge in [0.05, 0.1) is 11.8 Å². The Balaban J connectivity index is 1.44. The van der Waals surface area contributed by atoms with Crippen molar-refractivity contribution >= 4 is 46.6 Å². The fourth-order valence-corrected chi connectivity index (χ4v) is 4.74. The second-order valence-electron chi connectivity index (χ2n) is 7.78. The van der Waals surface area contributed by atoms with Crippen molar-refractivity contribution in [1.82, 2.24) is 5.16 Å². The Labute approximate surface area is 212 Å². The molecule has 1 aromatic heterocycles. The number of hydrogen-bond acceptors (Lipinski definition) is 5. The average molecular weight is 513 g/mol. The molecule has 1 heterocycles. The molecule has 0 unspecified atom stereocenters. The number of hydrogen-bond donors (Lipinski definition) is 1. The van der Waals surface area contributed by atoms with E-state index in [9.17, 15) is 4.79 Å². The van der Waals surface area contributed by atoms with Gasteiger partial charge in [-0.1, -0.05) is 40.5 Å². The van der Waals surface area contributed by atoms with Crippen LogP contribution < -0.4 is 10.1 Å². The normalized spacial score (nSPS) is 11.0. The molecule has 34 heavy (non-hydrogen) atoms. The Morgan fingerprint density at radius 2 is 1.74 bits per heavy atom. The van der Waals surface area contributed by atoms with Gasteiger partial charge in [-0.15, -0.1) is 11.8 Å². The van der Waals surface area contributed by atoms with Gasteiger partial charge in [-0.2, -0.15) is 0 Å². The first-order valence-corrected chi connectivity index (χ1v) is 12.3. The molecule has 0 atom stereocenters. The van der Waals surface area contributed by atoms with Crippen molar-refractivity contribution in [1.29, 1.82) is 0 Å². The van der Waals surface area contributed by atoms with Crippen LogP contribution in [-0.2, 0) is 5.75 Å². The molecular formula is C26H22Cl2N2O3S. The van der Waals surface area contributed by atoms with E-state index in [0.717, 1.165) is 21.8 Å². The summed E-state index contributed by atoms with van der Waals surface area (Å²) in [5.41, 5.74) is 2.68. The fourth-order valence-electron chi connectivity index (χ4n) is 3.23. The molecule has 0 spiro atoms. The van der Waals surface area contributed by atoms with E-state index in [1.807, 2.05) is 74.5 Å². The summed E-state index contributed by atoms with van der Waals surface area (Å²) in [4.78, 5) is 13.8. The largest absolute Gasteiger partial charge is 0.491 e. The first kappa shape index (κ1) is 24.2. The van der Waals surface area contributed by atoms with E-state index in [4.69, 9.17) is 32.5 Å². The van der Waals surface area contributed by atoms with Crippen LogP contribution in [0.2, 0.25) is 10.0 Å². The number of para-hydroxylation sites is 1. The minimum atomic E-state index is -0.353. The molecule has 0 radical (unpaired) electrons. The lowest BCUT2D eigenvalue weighted by Gasteiger charge is -2.10. The van der Waals surface area contributed by atoms with E-state index in [2.05, 4.69) is 10.5 Å². The highest BCUT2D eigenvalue weighted by atomic mass is 35.5. The number of aromatic nitrogens is 1. The molecular weight excluding hydrogens is 491 g/mol. The molecule has 1 N–H and O–H groups in total. The van der Waals surface area contributed by atoms with Gasteiger partial charge in [0.15, 0.2) is 11.5 Å². The van der Waals surface area contributed by atoms with E-state index in [1.54, 1.807) is 23.9 Å². The van der Waals surface area contributed by atoms with Crippen molar-refractivity contribution in [3.8, 4) is 17.1 Å². The second-order valence-corrected chi connectivity index (χ2v) is 9.67. The minimum absolute atomic E-state index is 0.0933. The molecule has 3 aromatic carbocycles. The van der Waals surface area contributed by atoms with Gasteiger partial charge >= 0.3 is 0 Å². The molecule has 1 amide bonds. The fraction of sp³-hybridized carbons (Fsp3) is 0.154. The number of halogens is 2. The van der Waals surface area contributed by atoms with Crippen LogP contribution in [0.25, 0.3) is 11.3 Å². The van der Waals surface area contributed by atoms with Gasteiger partial charge in [0.1, 0.15) is 5.75 Å². The number of amides is 1. The van der Waals surface area contributed by atoms with E-state index in [1.165, 1.54) is 0 Å². The van der Waals surface area contributed by atoms with Crippen molar-refractivity contribution in [3.05, 3.63) is 94.1 Å². The molecule has 0 saturated carbocycles. The van der Waals surface area contributed by atoms with E-state index in [0.29, 0.717) is 27.2 Å². The highest BCUT2D eigenvalue weighted by molar-refractivity contribution is 7.98. The molecule has 0 aliphatic heterocycles. The van der Waals surface area contributed by atoms with Gasteiger partial charge in [0, 0.05) is 32.3 Å².